The highest BCUT2D eigenvalue weighted by atomic mass is 32.1. The number of hydrogen-bond donors (Lipinski definition) is 0. The first-order valence-electron chi connectivity index (χ1n) is 9.07. The minimum atomic E-state index is -0.333. The first-order chi connectivity index (χ1) is 13.2. The van der Waals surface area contributed by atoms with Crippen LogP contribution in [0.2, 0.25) is 0 Å². The van der Waals surface area contributed by atoms with Crippen LogP contribution < -0.4 is 0 Å². The molecule has 0 N–H and O–H groups in total. The van der Waals surface area contributed by atoms with Crippen molar-refractivity contribution in [3.8, 4) is 0 Å². The third kappa shape index (κ3) is 4.17. The molecule has 0 unspecified atom stereocenters. The first-order valence-corrected chi connectivity index (χ1v) is 9.89. The van der Waals surface area contributed by atoms with Crippen LogP contribution >= 0.6 is 11.3 Å². The van der Waals surface area contributed by atoms with Crippen molar-refractivity contribution in [2.24, 2.45) is 0 Å². The van der Waals surface area contributed by atoms with Gasteiger partial charge in [-0.3, -0.25) is 4.79 Å². The van der Waals surface area contributed by atoms with Crippen molar-refractivity contribution in [3.05, 3.63) is 64.7 Å². The van der Waals surface area contributed by atoms with E-state index in [1.54, 1.807) is 23.5 Å². The van der Waals surface area contributed by atoms with E-state index in [9.17, 15) is 9.59 Å². The Kier molecular flexibility index (Phi) is 5.16. The van der Waals surface area contributed by atoms with Crippen LogP contribution in [0.25, 0.3) is 10.2 Å². The van der Waals surface area contributed by atoms with E-state index < -0.39 is 0 Å². The molecule has 0 saturated carbocycles. The molecule has 27 heavy (non-hydrogen) atoms. The van der Waals surface area contributed by atoms with E-state index in [-0.39, 0.29) is 11.9 Å². The fourth-order valence-electron chi connectivity index (χ4n) is 3.18. The number of amides is 1. The molecule has 1 aliphatic heterocycles. The van der Waals surface area contributed by atoms with E-state index in [0.29, 0.717) is 31.6 Å². The summed E-state index contributed by atoms with van der Waals surface area (Å²) in [6.07, 6.45) is 2.18. The number of esters is 1. The number of benzene rings is 2. The van der Waals surface area contributed by atoms with Gasteiger partial charge in [-0.1, -0.05) is 24.3 Å². The zero-order valence-corrected chi connectivity index (χ0v) is 15.7. The largest absolute Gasteiger partial charge is 0.462 e. The standard InChI is InChI=1S/C21H20N2O3S/c24-20-6-3-12-23(20)14-15-7-9-16(10-8-15)21(25)26-13-11-19-22-17-4-1-2-5-18(17)27-19/h1-2,4-5,7-10H,3,6,11-14H2. The van der Waals surface area contributed by atoms with Crippen LogP contribution in [0.4, 0.5) is 0 Å². The van der Waals surface area contributed by atoms with Gasteiger partial charge in [-0.2, -0.15) is 0 Å². The summed E-state index contributed by atoms with van der Waals surface area (Å²) in [4.78, 5) is 30.3. The minimum absolute atomic E-state index is 0.202. The van der Waals surface area contributed by atoms with Crippen LogP contribution in [0.15, 0.2) is 48.5 Å². The van der Waals surface area contributed by atoms with E-state index >= 15 is 0 Å². The maximum atomic E-state index is 12.2. The molecule has 1 fully saturated rings. The van der Waals surface area contributed by atoms with Gasteiger partial charge >= 0.3 is 5.97 Å². The zero-order chi connectivity index (χ0) is 18.6. The fraction of sp³-hybridized carbons (Fsp3) is 0.286. The number of likely N-dealkylation sites (tertiary alicyclic amines) is 1. The van der Waals surface area contributed by atoms with E-state index in [4.69, 9.17) is 4.74 Å². The monoisotopic (exact) mass is 380 g/mol. The average Bonchev–Trinajstić information content (AvgIpc) is 3.28. The van der Waals surface area contributed by atoms with Gasteiger partial charge in [-0.15, -0.1) is 11.3 Å². The Hall–Kier alpha value is -2.73. The molecule has 1 aliphatic rings. The first kappa shape index (κ1) is 17.7. The summed E-state index contributed by atoms with van der Waals surface area (Å²) in [7, 11) is 0. The molecular formula is C21H20N2O3S. The topological polar surface area (TPSA) is 59.5 Å². The Morgan fingerprint density at radius 1 is 1.15 bits per heavy atom. The average molecular weight is 380 g/mol. The molecule has 1 aromatic heterocycles. The van der Waals surface area contributed by atoms with Gasteiger partial charge in [0.25, 0.3) is 0 Å². The number of fused-ring (bicyclic) bond motifs is 1. The number of rotatable bonds is 6. The van der Waals surface area contributed by atoms with Crippen LogP contribution in [0, 0.1) is 0 Å². The Labute approximate surface area is 161 Å². The lowest BCUT2D eigenvalue weighted by molar-refractivity contribution is -0.128. The second kappa shape index (κ2) is 7.88. The van der Waals surface area contributed by atoms with Gasteiger partial charge in [-0.05, 0) is 36.2 Å². The Morgan fingerprint density at radius 2 is 1.96 bits per heavy atom. The SMILES string of the molecule is O=C(OCCc1nc2ccccc2s1)c1ccc(CN2CCCC2=O)cc1. The number of hydrogen-bond acceptors (Lipinski definition) is 5. The number of carbonyl (C=O) groups excluding carboxylic acids is 2. The molecule has 1 saturated heterocycles. The van der Waals surface area contributed by atoms with Gasteiger partial charge in [-0.25, -0.2) is 9.78 Å². The van der Waals surface area contributed by atoms with Gasteiger partial charge < -0.3 is 9.64 Å². The molecule has 6 heteroatoms. The smallest absolute Gasteiger partial charge is 0.338 e. The summed E-state index contributed by atoms with van der Waals surface area (Å²) >= 11 is 1.63. The second-order valence-electron chi connectivity index (χ2n) is 6.58. The Morgan fingerprint density at radius 3 is 2.70 bits per heavy atom. The fourth-order valence-corrected chi connectivity index (χ4v) is 4.13. The van der Waals surface area contributed by atoms with E-state index in [0.717, 1.165) is 33.8 Å². The van der Waals surface area contributed by atoms with Crippen molar-refractivity contribution in [2.45, 2.75) is 25.8 Å². The number of nitrogens with zero attached hydrogens (tertiary/aromatic N) is 2. The molecule has 2 aromatic carbocycles. The lowest BCUT2D eigenvalue weighted by Crippen LogP contribution is -2.23. The third-order valence-corrected chi connectivity index (χ3v) is 5.72. The molecule has 138 valence electrons. The van der Waals surface area contributed by atoms with Crippen molar-refractivity contribution in [2.75, 3.05) is 13.2 Å². The van der Waals surface area contributed by atoms with E-state index in [2.05, 4.69) is 4.98 Å². The normalized spacial score (nSPS) is 14.1. The lowest BCUT2D eigenvalue weighted by atomic mass is 10.1. The van der Waals surface area contributed by atoms with Crippen molar-refractivity contribution in [1.29, 1.82) is 0 Å². The van der Waals surface area contributed by atoms with Crippen LogP contribution in [0.1, 0.15) is 33.8 Å². The molecule has 1 amide bonds. The lowest BCUT2D eigenvalue weighted by Gasteiger charge is -2.15. The molecule has 3 aromatic rings. The van der Waals surface area contributed by atoms with Crippen molar-refractivity contribution in [1.82, 2.24) is 9.88 Å². The van der Waals surface area contributed by atoms with Gasteiger partial charge in [0, 0.05) is 25.9 Å². The Balaban J connectivity index is 1.29. The molecule has 5 nitrogen and oxygen atoms in total. The van der Waals surface area contributed by atoms with Crippen LogP contribution in [0.5, 0.6) is 0 Å². The van der Waals surface area contributed by atoms with Gasteiger partial charge in [0.15, 0.2) is 0 Å². The summed E-state index contributed by atoms with van der Waals surface area (Å²) in [5.74, 6) is -0.131. The number of ether oxygens (including phenoxy) is 1. The predicted molar refractivity (Wildman–Crippen MR) is 105 cm³/mol. The maximum absolute atomic E-state index is 12.2. The minimum Gasteiger partial charge on any atom is -0.462 e. The molecule has 0 aliphatic carbocycles. The van der Waals surface area contributed by atoms with Gasteiger partial charge in [0.05, 0.1) is 27.4 Å². The highest BCUT2D eigenvalue weighted by Crippen LogP contribution is 2.22. The Bertz CT molecular complexity index is 932. The zero-order valence-electron chi connectivity index (χ0n) is 14.9. The molecule has 0 spiro atoms. The van der Waals surface area contributed by atoms with Crippen LogP contribution in [-0.2, 0) is 22.5 Å². The van der Waals surface area contributed by atoms with Gasteiger partial charge in [0.1, 0.15) is 0 Å². The van der Waals surface area contributed by atoms with Crippen molar-refractivity contribution >= 4 is 33.4 Å². The summed E-state index contributed by atoms with van der Waals surface area (Å²) in [6.45, 7) is 1.73. The molecule has 0 bridgehead atoms. The predicted octanol–water partition coefficient (Wildman–Crippen LogP) is 3.82. The van der Waals surface area contributed by atoms with Crippen LogP contribution in [-0.4, -0.2) is 34.9 Å². The molecular weight excluding hydrogens is 360 g/mol. The van der Waals surface area contributed by atoms with Crippen molar-refractivity contribution < 1.29 is 14.3 Å². The van der Waals surface area contributed by atoms with E-state index in [1.165, 1.54) is 0 Å². The maximum Gasteiger partial charge on any atom is 0.338 e. The number of aromatic nitrogens is 1. The number of para-hydroxylation sites is 1. The number of carbonyl (C=O) groups is 2. The molecule has 4 rings (SSSR count). The molecule has 2 heterocycles. The number of thiazole rings is 1. The van der Waals surface area contributed by atoms with Gasteiger partial charge in [0.2, 0.25) is 5.91 Å². The summed E-state index contributed by atoms with van der Waals surface area (Å²) in [5.41, 5.74) is 2.53. The highest BCUT2D eigenvalue weighted by Gasteiger charge is 2.20. The molecule has 0 atom stereocenters. The summed E-state index contributed by atoms with van der Waals surface area (Å²) in [6, 6.07) is 15.3. The molecule has 0 radical (unpaired) electrons. The third-order valence-electron chi connectivity index (χ3n) is 4.62. The van der Waals surface area contributed by atoms with E-state index in [1.807, 2.05) is 41.3 Å². The summed E-state index contributed by atoms with van der Waals surface area (Å²) < 4.78 is 6.53. The second-order valence-corrected chi connectivity index (χ2v) is 7.69. The highest BCUT2D eigenvalue weighted by molar-refractivity contribution is 7.18. The van der Waals surface area contributed by atoms with Crippen molar-refractivity contribution in [3.63, 3.8) is 0 Å². The van der Waals surface area contributed by atoms with Crippen LogP contribution in [0.3, 0.4) is 0 Å². The summed E-state index contributed by atoms with van der Waals surface area (Å²) in [5, 5.41) is 0.967. The quantitative estimate of drug-likeness (QED) is 0.610.